The molecule has 0 saturated carbocycles. The minimum Gasteiger partial charge on any atom is -0.497 e. The number of fused-ring (bicyclic) bond motifs is 1. The Labute approximate surface area is 182 Å². The molecule has 1 fully saturated rings. The lowest BCUT2D eigenvalue weighted by molar-refractivity contribution is 0.414. The molecule has 10 heteroatoms. The number of rotatable bonds is 4. The predicted octanol–water partition coefficient (Wildman–Crippen LogP) is 3.58. The van der Waals surface area contributed by atoms with Crippen LogP contribution in [0.4, 0.5) is 17.3 Å². The van der Waals surface area contributed by atoms with Crippen molar-refractivity contribution in [3.63, 3.8) is 0 Å². The van der Waals surface area contributed by atoms with Gasteiger partial charge < -0.3 is 9.64 Å². The Hall–Kier alpha value is -2.79. The van der Waals surface area contributed by atoms with Gasteiger partial charge in [-0.05, 0) is 50.1 Å². The number of anilines is 3. The van der Waals surface area contributed by atoms with Crippen LogP contribution in [0, 0.1) is 13.8 Å². The van der Waals surface area contributed by atoms with E-state index in [1.54, 1.807) is 11.8 Å². The van der Waals surface area contributed by atoms with Crippen LogP contribution in [-0.4, -0.2) is 50.6 Å². The van der Waals surface area contributed by atoms with Crippen molar-refractivity contribution in [1.29, 1.82) is 0 Å². The highest BCUT2D eigenvalue weighted by molar-refractivity contribution is 8.24. The number of pyridine rings is 1. The second-order valence-electron chi connectivity index (χ2n) is 7.77. The summed E-state index contributed by atoms with van der Waals surface area (Å²) >= 11 is 0. The van der Waals surface area contributed by atoms with E-state index in [9.17, 15) is 9.11 Å². The highest BCUT2D eigenvalue weighted by atomic mass is 32.3. The van der Waals surface area contributed by atoms with E-state index >= 15 is 0 Å². The fourth-order valence-electron chi connectivity index (χ4n) is 4.27. The van der Waals surface area contributed by atoms with Crippen LogP contribution in [0.5, 0.6) is 5.75 Å². The molecule has 0 bridgehead atoms. The van der Waals surface area contributed by atoms with Crippen LogP contribution in [0.1, 0.15) is 16.8 Å². The summed E-state index contributed by atoms with van der Waals surface area (Å²) in [7, 11) is -1.33. The Kier molecular flexibility index (Phi) is 4.82. The van der Waals surface area contributed by atoms with Gasteiger partial charge in [-0.2, -0.15) is 4.72 Å². The molecular weight excluding hydrogens is 416 g/mol. The molecule has 0 atom stereocenters. The van der Waals surface area contributed by atoms with Gasteiger partial charge >= 0.3 is 0 Å². The summed E-state index contributed by atoms with van der Waals surface area (Å²) in [6.45, 7) is 5.89. The average Bonchev–Trinajstić information content (AvgIpc) is 3.45. The van der Waals surface area contributed by atoms with Crippen molar-refractivity contribution in [2.75, 3.05) is 35.9 Å². The van der Waals surface area contributed by atoms with Gasteiger partial charge in [-0.25, -0.2) is 14.0 Å². The van der Waals surface area contributed by atoms with Gasteiger partial charge in [0.1, 0.15) is 11.6 Å². The molecule has 2 aliphatic rings. The third-order valence-electron chi connectivity index (χ3n) is 5.74. The number of ether oxygens (including phenoxy) is 1. The van der Waals surface area contributed by atoms with Crippen molar-refractivity contribution in [3.05, 3.63) is 53.3 Å². The number of hydrogen-bond acceptors (Lipinski definition) is 8. The monoisotopic (exact) mass is 442 g/mol. The van der Waals surface area contributed by atoms with Gasteiger partial charge in [0.2, 0.25) is 0 Å². The van der Waals surface area contributed by atoms with E-state index in [1.807, 2.05) is 37.4 Å². The predicted molar refractivity (Wildman–Crippen MR) is 123 cm³/mol. The number of aromatic nitrogens is 3. The summed E-state index contributed by atoms with van der Waals surface area (Å²) < 4.78 is 31.8. The topological polar surface area (TPSA) is 98.9 Å². The maximum atomic E-state index is 10.2. The van der Waals surface area contributed by atoms with Crippen molar-refractivity contribution >= 4 is 28.3 Å². The van der Waals surface area contributed by atoms with Crippen LogP contribution in [0.3, 0.4) is 0 Å². The first-order chi connectivity index (χ1) is 14.9. The molecule has 2 aromatic heterocycles. The third kappa shape index (κ3) is 3.41. The molecule has 9 nitrogen and oxygen atoms in total. The Morgan fingerprint density at radius 1 is 1.10 bits per heavy atom. The first kappa shape index (κ1) is 20.1. The normalized spacial score (nSPS) is 18.4. The fraction of sp³-hybridized carbons (Fsp3) is 0.333. The van der Waals surface area contributed by atoms with Crippen molar-refractivity contribution in [2.45, 2.75) is 20.3 Å². The average molecular weight is 443 g/mol. The fourth-order valence-corrected chi connectivity index (χ4v) is 5.50. The van der Waals surface area contributed by atoms with Crippen molar-refractivity contribution in [1.82, 2.24) is 19.5 Å². The number of methoxy groups -OCH3 is 1. The smallest absolute Gasteiger partial charge is 0.170 e. The number of benzene rings is 1. The van der Waals surface area contributed by atoms with Gasteiger partial charge in [0, 0.05) is 42.3 Å². The molecule has 0 unspecified atom stereocenters. The van der Waals surface area contributed by atoms with Crippen molar-refractivity contribution < 1.29 is 13.8 Å². The minimum atomic E-state index is -3.01. The minimum absolute atomic E-state index is 0.497. The zero-order valence-electron chi connectivity index (χ0n) is 17.7. The van der Waals surface area contributed by atoms with Crippen molar-refractivity contribution in [3.8, 4) is 11.4 Å². The molecule has 164 valence electrons. The third-order valence-corrected chi connectivity index (χ3v) is 7.31. The molecule has 2 aliphatic heterocycles. The summed E-state index contributed by atoms with van der Waals surface area (Å²) in [5.74, 6) is 2.31. The zero-order valence-corrected chi connectivity index (χ0v) is 18.6. The molecule has 1 saturated heterocycles. The van der Waals surface area contributed by atoms with Crippen molar-refractivity contribution in [2.24, 2.45) is 0 Å². The lowest BCUT2D eigenvalue weighted by Crippen LogP contribution is -2.25. The Morgan fingerprint density at radius 2 is 1.94 bits per heavy atom. The largest absolute Gasteiger partial charge is 0.497 e. The Balaban J connectivity index is 1.53. The van der Waals surface area contributed by atoms with Gasteiger partial charge in [-0.3, -0.25) is 9.11 Å². The summed E-state index contributed by atoms with van der Waals surface area (Å²) in [5.41, 5.74) is 5.23. The number of hydrogen-bond donors (Lipinski definition) is 3. The highest BCUT2D eigenvalue weighted by Gasteiger charge is 2.31. The van der Waals surface area contributed by atoms with Gasteiger partial charge in [-0.15, -0.1) is 5.10 Å². The zero-order chi connectivity index (χ0) is 21.8. The molecule has 5 rings (SSSR count). The molecule has 0 aliphatic carbocycles. The first-order valence-corrected chi connectivity index (χ1v) is 11.7. The number of aryl methyl sites for hydroxylation is 2. The van der Waals surface area contributed by atoms with Crippen LogP contribution in [0.15, 0.2) is 36.5 Å². The second kappa shape index (κ2) is 7.41. The summed E-state index contributed by atoms with van der Waals surface area (Å²) in [5, 5.41) is 4.66. The number of nitrogens with zero attached hydrogens (tertiary/aromatic N) is 5. The molecular formula is C21H26N6O3S. The van der Waals surface area contributed by atoms with E-state index < -0.39 is 11.0 Å². The molecule has 3 aromatic rings. The van der Waals surface area contributed by atoms with Crippen LogP contribution in [0.2, 0.25) is 0 Å². The van der Waals surface area contributed by atoms with Gasteiger partial charge in [0.25, 0.3) is 0 Å². The molecule has 1 aromatic carbocycles. The lowest BCUT2D eigenvalue weighted by Gasteiger charge is -2.35. The Bertz CT molecular complexity index is 1150. The van der Waals surface area contributed by atoms with Crippen LogP contribution in [-0.2, 0) is 6.42 Å². The first-order valence-electron chi connectivity index (χ1n) is 10.2. The molecule has 3 N–H and O–H groups in total. The van der Waals surface area contributed by atoms with Crippen LogP contribution < -0.4 is 18.7 Å². The van der Waals surface area contributed by atoms with Gasteiger partial charge in [-0.1, -0.05) is 11.0 Å². The highest BCUT2D eigenvalue weighted by Crippen LogP contribution is 2.45. The van der Waals surface area contributed by atoms with E-state index in [2.05, 4.69) is 27.7 Å². The van der Waals surface area contributed by atoms with E-state index in [-0.39, 0.29) is 0 Å². The summed E-state index contributed by atoms with van der Waals surface area (Å²) in [4.78, 5) is 7.09. The molecule has 4 heterocycles. The van der Waals surface area contributed by atoms with Gasteiger partial charge in [0.15, 0.2) is 5.82 Å². The summed E-state index contributed by atoms with van der Waals surface area (Å²) in [6.07, 6.45) is 2.71. The second-order valence-corrected chi connectivity index (χ2v) is 9.54. The lowest BCUT2D eigenvalue weighted by atomic mass is 10.1. The SMILES string of the molecule is COc1ccc(N2CCc3c(-n4ccc(N5CCNS5(O)O)n4)cc(C)nc32)c(C)c1. The van der Waals surface area contributed by atoms with Gasteiger partial charge in [0.05, 0.1) is 19.3 Å². The molecule has 0 spiro atoms. The van der Waals surface area contributed by atoms with Crippen LogP contribution >= 0.6 is 11.0 Å². The molecule has 31 heavy (non-hydrogen) atoms. The molecule has 0 radical (unpaired) electrons. The maximum Gasteiger partial charge on any atom is 0.170 e. The van der Waals surface area contributed by atoms with E-state index in [4.69, 9.17) is 9.72 Å². The quantitative estimate of drug-likeness (QED) is 0.564. The van der Waals surface area contributed by atoms with E-state index in [0.717, 1.165) is 52.7 Å². The van der Waals surface area contributed by atoms with E-state index in [0.29, 0.717) is 18.9 Å². The van der Waals surface area contributed by atoms with E-state index in [1.165, 1.54) is 4.31 Å². The maximum absolute atomic E-state index is 10.2. The Morgan fingerprint density at radius 3 is 2.65 bits per heavy atom. The number of nitrogens with one attached hydrogen (secondary N) is 1. The standard InChI is InChI=1S/C21H26N6O3S/c1-14-12-16(30-3)4-5-18(14)25-9-6-17-19(13-15(2)23-21(17)25)26-10-7-20(24-26)27-11-8-22-31(27,28)29/h4-5,7,10,12-13,22,28-29H,6,8-9,11H2,1-3H3. The summed E-state index contributed by atoms with van der Waals surface area (Å²) in [6, 6.07) is 9.92. The van der Waals surface area contributed by atoms with Crippen LogP contribution in [0.25, 0.3) is 5.69 Å². The molecule has 0 amide bonds.